The second kappa shape index (κ2) is 7.17. The normalized spacial score (nSPS) is 16.2. The van der Waals surface area contributed by atoms with Crippen molar-refractivity contribution in [2.75, 3.05) is 11.9 Å². The van der Waals surface area contributed by atoms with Gasteiger partial charge < -0.3 is 10.1 Å². The highest BCUT2D eigenvalue weighted by Gasteiger charge is 2.23. The van der Waals surface area contributed by atoms with Crippen LogP contribution < -0.4 is 5.32 Å². The summed E-state index contributed by atoms with van der Waals surface area (Å²) in [6.07, 6.45) is 1.03. The number of amides is 1. The highest BCUT2D eigenvalue weighted by molar-refractivity contribution is 7.14. The lowest BCUT2D eigenvalue weighted by Gasteiger charge is -2.25. The molecule has 0 saturated heterocycles. The molecule has 1 aliphatic heterocycles. The van der Waals surface area contributed by atoms with E-state index in [1.165, 1.54) is 16.9 Å². The maximum atomic E-state index is 12.6. The molecule has 0 bridgehead atoms. The molecule has 126 valence electrons. The summed E-state index contributed by atoms with van der Waals surface area (Å²) in [5.41, 5.74) is 5.96. The molecule has 1 unspecified atom stereocenters. The average Bonchev–Trinajstić information content (AvgIpc) is 3.11. The number of hydrogen-bond acceptors (Lipinski definition) is 4. The van der Waals surface area contributed by atoms with E-state index in [9.17, 15) is 4.79 Å². The summed E-state index contributed by atoms with van der Waals surface area (Å²) in [5, 5.41) is 3.78. The number of fused-ring (bicyclic) bond motifs is 1. The quantitative estimate of drug-likeness (QED) is 0.756. The lowest BCUT2D eigenvalue weighted by atomic mass is 9.95. The molecular formula is C20H18N2O2S. The smallest absolute Gasteiger partial charge is 0.228 e. The van der Waals surface area contributed by atoms with Gasteiger partial charge in [-0.2, -0.15) is 0 Å². The van der Waals surface area contributed by atoms with Crippen LogP contribution in [0.5, 0.6) is 0 Å². The molecule has 3 aromatic rings. The first kappa shape index (κ1) is 16.0. The fourth-order valence-corrected chi connectivity index (χ4v) is 3.85. The zero-order valence-electron chi connectivity index (χ0n) is 13.6. The van der Waals surface area contributed by atoms with Gasteiger partial charge in [0.2, 0.25) is 5.91 Å². The highest BCUT2D eigenvalue weighted by Crippen LogP contribution is 2.32. The number of rotatable bonds is 4. The van der Waals surface area contributed by atoms with Crippen LogP contribution in [0.25, 0.3) is 11.3 Å². The molecule has 4 rings (SSSR count). The van der Waals surface area contributed by atoms with Gasteiger partial charge in [0.15, 0.2) is 0 Å². The van der Waals surface area contributed by atoms with E-state index in [1.54, 1.807) is 5.51 Å². The van der Waals surface area contributed by atoms with Crippen molar-refractivity contribution in [3.8, 4) is 11.3 Å². The predicted molar refractivity (Wildman–Crippen MR) is 99.6 cm³/mol. The SMILES string of the molecule is O=C(CC1OCCc2ccccc21)Nc1scnc1-c1ccccc1. The molecule has 0 aliphatic carbocycles. The second-order valence-corrected chi connectivity index (χ2v) is 6.81. The van der Waals surface area contributed by atoms with Crippen LogP contribution in [0.2, 0.25) is 0 Å². The molecule has 4 nitrogen and oxygen atoms in total. The molecule has 1 atom stereocenters. The lowest BCUT2D eigenvalue weighted by molar-refractivity contribution is -0.119. The van der Waals surface area contributed by atoms with Crippen molar-refractivity contribution in [3.63, 3.8) is 0 Å². The van der Waals surface area contributed by atoms with Crippen molar-refractivity contribution in [1.82, 2.24) is 4.98 Å². The van der Waals surface area contributed by atoms with Crippen molar-refractivity contribution in [1.29, 1.82) is 0 Å². The Morgan fingerprint density at radius 3 is 2.84 bits per heavy atom. The number of benzene rings is 2. The Bertz CT molecular complexity index is 876. The first-order valence-electron chi connectivity index (χ1n) is 8.29. The van der Waals surface area contributed by atoms with E-state index in [4.69, 9.17) is 4.74 Å². The van der Waals surface area contributed by atoms with Crippen LogP contribution in [0, 0.1) is 0 Å². The van der Waals surface area contributed by atoms with Gasteiger partial charge in [0.25, 0.3) is 0 Å². The summed E-state index contributed by atoms with van der Waals surface area (Å²) >= 11 is 1.44. The van der Waals surface area contributed by atoms with Crippen LogP contribution in [-0.4, -0.2) is 17.5 Å². The van der Waals surface area contributed by atoms with Gasteiger partial charge >= 0.3 is 0 Å². The van der Waals surface area contributed by atoms with Gasteiger partial charge in [-0.3, -0.25) is 4.79 Å². The van der Waals surface area contributed by atoms with Gasteiger partial charge in [-0.1, -0.05) is 54.6 Å². The first-order valence-corrected chi connectivity index (χ1v) is 9.17. The Balaban J connectivity index is 1.49. The minimum atomic E-state index is -0.182. The first-order chi connectivity index (χ1) is 12.3. The molecule has 1 aromatic heterocycles. The van der Waals surface area contributed by atoms with E-state index < -0.39 is 0 Å². The Hall–Kier alpha value is -2.50. The number of nitrogens with zero attached hydrogens (tertiary/aromatic N) is 1. The van der Waals surface area contributed by atoms with Crippen LogP contribution in [0.4, 0.5) is 5.00 Å². The summed E-state index contributed by atoms with van der Waals surface area (Å²) in [5.74, 6) is -0.0527. The maximum Gasteiger partial charge on any atom is 0.228 e. The third kappa shape index (κ3) is 3.48. The zero-order valence-corrected chi connectivity index (χ0v) is 14.5. The molecule has 5 heteroatoms. The monoisotopic (exact) mass is 350 g/mol. The lowest BCUT2D eigenvalue weighted by Crippen LogP contribution is -2.22. The highest BCUT2D eigenvalue weighted by atomic mass is 32.1. The number of aromatic nitrogens is 1. The average molecular weight is 350 g/mol. The number of ether oxygens (including phenoxy) is 1. The van der Waals surface area contributed by atoms with Gasteiger partial charge in [0.05, 0.1) is 24.6 Å². The van der Waals surface area contributed by atoms with E-state index in [2.05, 4.69) is 22.4 Å². The minimum absolute atomic E-state index is 0.0527. The van der Waals surface area contributed by atoms with Crippen molar-refractivity contribution < 1.29 is 9.53 Å². The largest absolute Gasteiger partial charge is 0.373 e. The fraction of sp³-hybridized carbons (Fsp3) is 0.200. The molecule has 1 aliphatic rings. The van der Waals surface area contributed by atoms with Gasteiger partial charge in [-0.15, -0.1) is 11.3 Å². The molecular weight excluding hydrogens is 332 g/mol. The molecule has 1 N–H and O–H groups in total. The Morgan fingerprint density at radius 1 is 1.16 bits per heavy atom. The number of carbonyl (C=O) groups is 1. The molecule has 2 aromatic carbocycles. The van der Waals surface area contributed by atoms with Crippen LogP contribution in [0.1, 0.15) is 23.7 Å². The number of nitrogens with one attached hydrogen (secondary N) is 1. The summed E-state index contributed by atoms with van der Waals surface area (Å²) in [4.78, 5) is 17.0. The van der Waals surface area contributed by atoms with E-state index in [1.807, 2.05) is 42.5 Å². The number of carbonyl (C=O) groups excluding carboxylic acids is 1. The summed E-state index contributed by atoms with van der Waals surface area (Å²) < 4.78 is 5.84. The molecule has 0 radical (unpaired) electrons. The Kier molecular flexibility index (Phi) is 4.59. The molecule has 0 fully saturated rings. The second-order valence-electron chi connectivity index (χ2n) is 5.96. The van der Waals surface area contributed by atoms with Crippen molar-refractivity contribution in [2.45, 2.75) is 18.9 Å². The van der Waals surface area contributed by atoms with Gasteiger partial charge in [0, 0.05) is 5.56 Å². The summed E-state index contributed by atoms with van der Waals surface area (Å²) in [6.45, 7) is 0.658. The van der Waals surface area contributed by atoms with E-state index in [-0.39, 0.29) is 12.0 Å². The molecule has 0 spiro atoms. The topological polar surface area (TPSA) is 51.2 Å². The summed E-state index contributed by atoms with van der Waals surface area (Å²) in [7, 11) is 0. The number of hydrogen-bond donors (Lipinski definition) is 1. The third-order valence-electron chi connectivity index (χ3n) is 4.33. The Morgan fingerprint density at radius 2 is 1.96 bits per heavy atom. The van der Waals surface area contributed by atoms with Crippen LogP contribution in [0.3, 0.4) is 0 Å². The summed E-state index contributed by atoms with van der Waals surface area (Å²) in [6, 6.07) is 18.1. The standard InChI is InChI=1S/C20H18N2O2S/c23-18(12-17-16-9-5-4-6-14(16)10-11-24-17)22-20-19(21-13-25-20)15-7-2-1-3-8-15/h1-9,13,17H,10-12H2,(H,22,23). The van der Waals surface area contributed by atoms with E-state index in [0.717, 1.165) is 28.2 Å². The zero-order chi connectivity index (χ0) is 17.1. The fourth-order valence-electron chi connectivity index (χ4n) is 3.13. The molecule has 25 heavy (non-hydrogen) atoms. The minimum Gasteiger partial charge on any atom is -0.373 e. The number of thiazole rings is 1. The van der Waals surface area contributed by atoms with Gasteiger partial charge in [-0.05, 0) is 17.5 Å². The van der Waals surface area contributed by atoms with E-state index >= 15 is 0 Å². The predicted octanol–water partition coefficient (Wildman–Crippen LogP) is 4.45. The molecule has 0 saturated carbocycles. The van der Waals surface area contributed by atoms with Gasteiger partial charge in [-0.25, -0.2) is 4.98 Å². The number of anilines is 1. The van der Waals surface area contributed by atoms with Crippen molar-refractivity contribution >= 4 is 22.2 Å². The van der Waals surface area contributed by atoms with Gasteiger partial charge in [0.1, 0.15) is 10.7 Å². The van der Waals surface area contributed by atoms with Crippen LogP contribution in [0.15, 0.2) is 60.1 Å². The Labute approximate surface area is 150 Å². The van der Waals surface area contributed by atoms with Crippen LogP contribution in [-0.2, 0) is 16.0 Å². The van der Waals surface area contributed by atoms with Crippen LogP contribution >= 0.6 is 11.3 Å². The molecule has 1 amide bonds. The van der Waals surface area contributed by atoms with E-state index in [0.29, 0.717) is 13.0 Å². The van der Waals surface area contributed by atoms with Crippen molar-refractivity contribution in [3.05, 3.63) is 71.2 Å². The maximum absolute atomic E-state index is 12.6. The van der Waals surface area contributed by atoms with Crippen molar-refractivity contribution in [2.24, 2.45) is 0 Å². The molecule has 2 heterocycles. The third-order valence-corrected chi connectivity index (χ3v) is 5.07.